The maximum atomic E-state index is 12.8. The summed E-state index contributed by atoms with van der Waals surface area (Å²) in [6.07, 6.45) is 9.02. The van der Waals surface area contributed by atoms with Crippen LogP contribution in [-0.2, 0) is 11.2 Å². The molecule has 5 nitrogen and oxygen atoms in total. The first kappa shape index (κ1) is 21.8. The van der Waals surface area contributed by atoms with Crippen molar-refractivity contribution in [3.63, 3.8) is 0 Å². The second kappa shape index (κ2) is 10.7. The largest absolute Gasteiger partial charge is 0.342 e. The number of piperidine rings is 3. The fraction of sp³-hybridized carbons (Fsp3) is 0.720. The van der Waals surface area contributed by atoms with E-state index in [9.17, 15) is 4.79 Å². The molecule has 0 saturated carbocycles. The van der Waals surface area contributed by atoms with Crippen molar-refractivity contribution in [2.24, 2.45) is 11.7 Å². The molecule has 0 unspecified atom stereocenters. The maximum Gasteiger partial charge on any atom is 0.225 e. The lowest BCUT2D eigenvalue weighted by molar-refractivity contribution is -0.138. The van der Waals surface area contributed by atoms with Crippen molar-refractivity contribution in [3.05, 3.63) is 35.9 Å². The van der Waals surface area contributed by atoms with Gasteiger partial charge in [-0.1, -0.05) is 30.3 Å². The maximum absolute atomic E-state index is 12.8. The minimum absolute atomic E-state index is 0.244. The summed E-state index contributed by atoms with van der Waals surface area (Å²) in [6, 6.07) is 11.9. The summed E-state index contributed by atoms with van der Waals surface area (Å²) in [5.41, 5.74) is 7.45. The number of hydrogen-bond donors (Lipinski definition) is 1. The number of aryl methyl sites for hydroxylation is 1. The van der Waals surface area contributed by atoms with Crippen LogP contribution in [0.25, 0.3) is 0 Å². The normalized spacial score (nSPS) is 23.7. The van der Waals surface area contributed by atoms with E-state index in [1.807, 2.05) is 0 Å². The molecule has 4 rings (SSSR count). The molecular weight excluding hydrogens is 372 g/mol. The summed E-state index contributed by atoms with van der Waals surface area (Å²) in [6.45, 7) is 7.60. The summed E-state index contributed by atoms with van der Waals surface area (Å²) in [5, 5.41) is 0. The van der Waals surface area contributed by atoms with Crippen LogP contribution in [0.3, 0.4) is 0 Å². The summed E-state index contributed by atoms with van der Waals surface area (Å²) < 4.78 is 0. The highest BCUT2D eigenvalue weighted by atomic mass is 16.2. The van der Waals surface area contributed by atoms with Crippen molar-refractivity contribution in [2.45, 2.75) is 63.5 Å². The van der Waals surface area contributed by atoms with Gasteiger partial charge in [0.2, 0.25) is 5.91 Å². The van der Waals surface area contributed by atoms with Gasteiger partial charge in [0.15, 0.2) is 0 Å². The smallest absolute Gasteiger partial charge is 0.225 e. The summed E-state index contributed by atoms with van der Waals surface area (Å²) >= 11 is 0. The number of hydrogen-bond acceptors (Lipinski definition) is 4. The first-order chi connectivity index (χ1) is 14.7. The molecule has 5 heteroatoms. The van der Waals surface area contributed by atoms with Gasteiger partial charge in [0.25, 0.3) is 0 Å². The average Bonchev–Trinajstić information content (AvgIpc) is 2.80. The van der Waals surface area contributed by atoms with E-state index >= 15 is 0 Å². The molecule has 3 heterocycles. The van der Waals surface area contributed by atoms with Crippen LogP contribution >= 0.6 is 0 Å². The first-order valence-electron chi connectivity index (χ1n) is 12.2. The van der Waals surface area contributed by atoms with Crippen LogP contribution in [0.4, 0.5) is 0 Å². The Kier molecular flexibility index (Phi) is 7.80. The van der Waals surface area contributed by atoms with Crippen molar-refractivity contribution in [3.8, 4) is 0 Å². The lowest BCUT2D eigenvalue weighted by atomic mass is 9.91. The molecular formula is C25H40N4O. The average molecular weight is 413 g/mol. The van der Waals surface area contributed by atoms with Gasteiger partial charge in [-0.25, -0.2) is 0 Å². The van der Waals surface area contributed by atoms with E-state index in [0.717, 1.165) is 57.9 Å². The summed E-state index contributed by atoms with van der Waals surface area (Å²) in [4.78, 5) is 20.3. The quantitative estimate of drug-likeness (QED) is 0.781. The SMILES string of the molecule is NC1CCN(C(=O)C2CCN(C3CCN(CCCc4ccccc4)CC3)CC2)CC1. The molecule has 0 aromatic heterocycles. The molecule has 0 spiro atoms. The van der Waals surface area contributed by atoms with E-state index in [-0.39, 0.29) is 5.92 Å². The van der Waals surface area contributed by atoms with E-state index in [1.54, 1.807) is 0 Å². The van der Waals surface area contributed by atoms with Crippen LogP contribution in [0.5, 0.6) is 0 Å². The molecule has 0 radical (unpaired) electrons. The van der Waals surface area contributed by atoms with Crippen LogP contribution in [0.15, 0.2) is 30.3 Å². The predicted molar refractivity (Wildman–Crippen MR) is 122 cm³/mol. The molecule has 1 amide bonds. The fourth-order valence-corrected chi connectivity index (χ4v) is 5.55. The van der Waals surface area contributed by atoms with Crippen LogP contribution < -0.4 is 5.73 Å². The van der Waals surface area contributed by atoms with E-state index in [0.29, 0.717) is 11.9 Å². The number of carbonyl (C=O) groups is 1. The lowest BCUT2D eigenvalue weighted by Crippen LogP contribution is -2.51. The van der Waals surface area contributed by atoms with Gasteiger partial charge in [0.05, 0.1) is 0 Å². The zero-order chi connectivity index (χ0) is 20.8. The molecule has 3 saturated heterocycles. The van der Waals surface area contributed by atoms with Gasteiger partial charge in [0, 0.05) is 31.1 Å². The number of rotatable bonds is 6. The zero-order valence-electron chi connectivity index (χ0n) is 18.6. The van der Waals surface area contributed by atoms with Crippen molar-refractivity contribution < 1.29 is 4.79 Å². The van der Waals surface area contributed by atoms with Gasteiger partial charge in [0.1, 0.15) is 0 Å². The van der Waals surface area contributed by atoms with Crippen molar-refractivity contribution in [2.75, 3.05) is 45.8 Å². The molecule has 0 aliphatic carbocycles. The molecule has 30 heavy (non-hydrogen) atoms. The number of nitrogens with two attached hydrogens (primary N) is 1. The van der Waals surface area contributed by atoms with Gasteiger partial charge in [-0.3, -0.25) is 4.79 Å². The molecule has 0 bridgehead atoms. The third kappa shape index (κ3) is 5.83. The monoisotopic (exact) mass is 412 g/mol. The highest BCUT2D eigenvalue weighted by Crippen LogP contribution is 2.26. The lowest BCUT2D eigenvalue weighted by Gasteiger charge is -2.42. The third-order valence-corrected chi connectivity index (χ3v) is 7.59. The van der Waals surface area contributed by atoms with Gasteiger partial charge in [-0.2, -0.15) is 0 Å². The molecule has 1 aromatic rings. The Morgan fingerprint density at radius 3 is 2.20 bits per heavy atom. The van der Waals surface area contributed by atoms with Gasteiger partial charge in [-0.15, -0.1) is 0 Å². The molecule has 0 atom stereocenters. The summed E-state index contributed by atoms with van der Waals surface area (Å²) in [7, 11) is 0. The third-order valence-electron chi connectivity index (χ3n) is 7.59. The standard InChI is InChI=1S/C25H40N4O/c26-23-10-19-29(20-11-23)25(30)22-8-17-28(18-9-22)24-12-15-27(16-13-24)14-4-7-21-5-2-1-3-6-21/h1-3,5-6,22-24H,4,7-20,26H2. The van der Waals surface area contributed by atoms with Gasteiger partial charge >= 0.3 is 0 Å². The highest BCUT2D eigenvalue weighted by molar-refractivity contribution is 5.79. The van der Waals surface area contributed by atoms with Crippen LogP contribution in [0.2, 0.25) is 0 Å². The highest BCUT2D eigenvalue weighted by Gasteiger charge is 2.33. The van der Waals surface area contributed by atoms with Crippen molar-refractivity contribution in [1.29, 1.82) is 0 Å². The second-order valence-corrected chi connectivity index (χ2v) is 9.63. The molecule has 166 valence electrons. The Labute approximate surface area is 182 Å². The number of benzene rings is 1. The number of likely N-dealkylation sites (tertiary alicyclic amines) is 3. The van der Waals surface area contributed by atoms with Crippen LogP contribution in [0, 0.1) is 5.92 Å². The minimum atomic E-state index is 0.244. The first-order valence-corrected chi connectivity index (χ1v) is 12.2. The summed E-state index contributed by atoms with van der Waals surface area (Å²) in [5.74, 6) is 0.642. The molecule has 3 fully saturated rings. The van der Waals surface area contributed by atoms with Crippen LogP contribution in [0.1, 0.15) is 50.5 Å². The van der Waals surface area contributed by atoms with E-state index in [4.69, 9.17) is 5.73 Å². The fourth-order valence-electron chi connectivity index (χ4n) is 5.55. The molecule has 1 aromatic carbocycles. The minimum Gasteiger partial charge on any atom is -0.342 e. The van der Waals surface area contributed by atoms with E-state index in [2.05, 4.69) is 45.0 Å². The Bertz CT molecular complexity index is 642. The Morgan fingerprint density at radius 2 is 1.53 bits per heavy atom. The topological polar surface area (TPSA) is 52.8 Å². The molecule has 3 aliphatic rings. The Balaban J connectivity index is 1.13. The number of amides is 1. The van der Waals surface area contributed by atoms with Gasteiger partial charge in [-0.05, 0) is 89.7 Å². The van der Waals surface area contributed by atoms with E-state index in [1.165, 1.54) is 50.9 Å². The Morgan fingerprint density at radius 1 is 0.867 bits per heavy atom. The van der Waals surface area contributed by atoms with Gasteiger partial charge < -0.3 is 20.4 Å². The number of carbonyl (C=O) groups excluding carboxylic acids is 1. The second-order valence-electron chi connectivity index (χ2n) is 9.63. The molecule has 3 aliphatic heterocycles. The molecule has 2 N–H and O–H groups in total. The number of nitrogens with zero attached hydrogens (tertiary/aromatic N) is 3. The predicted octanol–water partition coefficient (Wildman–Crippen LogP) is 2.75. The van der Waals surface area contributed by atoms with Crippen molar-refractivity contribution in [1.82, 2.24) is 14.7 Å². The van der Waals surface area contributed by atoms with Crippen LogP contribution in [-0.4, -0.2) is 78.5 Å². The Hall–Kier alpha value is -1.43. The zero-order valence-corrected chi connectivity index (χ0v) is 18.6. The van der Waals surface area contributed by atoms with Crippen molar-refractivity contribution >= 4 is 5.91 Å². The van der Waals surface area contributed by atoms with E-state index < -0.39 is 0 Å².